The lowest BCUT2D eigenvalue weighted by atomic mass is 10.3. The minimum Gasteiger partial charge on any atom is -0.493 e. The fourth-order valence-corrected chi connectivity index (χ4v) is 2.64. The van der Waals surface area contributed by atoms with Gasteiger partial charge in [0.25, 0.3) is 5.91 Å². The van der Waals surface area contributed by atoms with Gasteiger partial charge < -0.3 is 19.2 Å². The molecule has 0 spiro atoms. The Bertz CT molecular complexity index is 1110. The van der Waals surface area contributed by atoms with E-state index in [4.69, 9.17) is 13.9 Å². The van der Waals surface area contributed by atoms with Crippen molar-refractivity contribution in [1.82, 2.24) is 19.7 Å². The number of methoxy groups -OCH3 is 1. The molecule has 4 rings (SSSR count). The highest BCUT2D eigenvalue weighted by Gasteiger charge is 2.15. The van der Waals surface area contributed by atoms with E-state index in [0.29, 0.717) is 28.8 Å². The van der Waals surface area contributed by atoms with Gasteiger partial charge in [-0.05, 0) is 36.4 Å². The molecular weight excluding hydrogens is 374 g/mol. The van der Waals surface area contributed by atoms with Crippen molar-refractivity contribution in [3.63, 3.8) is 0 Å². The molecule has 0 aliphatic carbocycles. The number of hydrogen-bond acceptors (Lipinski definition) is 7. The van der Waals surface area contributed by atoms with Gasteiger partial charge in [-0.1, -0.05) is 12.1 Å². The van der Waals surface area contributed by atoms with Crippen LogP contribution >= 0.6 is 0 Å². The molecule has 9 heteroatoms. The van der Waals surface area contributed by atoms with Gasteiger partial charge in [0.15, 0.2) is 23.1 Å². The summed E-state index contributed by atoms with van der Waals surface area (Å²) < 4.78 is 18.0. The predicted octanol–water partition coefficient (Wildman–Crippen LogP) is 3.10. The second-order valence-electron chi connectivity index (χ2n) is 5.87. The molecule has 0 bridgehead atoms. The number of carbonyl (C=O) groups is 1. The Kier molecular flexibility index (Phi) is 5.19. The van der Waals surface area contributed by atoms with E-state index in [1.165, 1.54) is 17.3 Å². The number of benzene rings is 1. The first kappa shape index (κ1) is 18.2. The maximum Gasteiger partial charge on any atom is 0.291 e. The normalized spacial score (nSPS) is 10.5. The summed E-state index contributed by atoms with van der Waals surface area (Å²) in [7, 11) is 1.57. The standard InChI is InChI=1S/C20H17N5O4/c1-27-16-6-2-3-7-17(16)28-11-14-8-9-18(29-14)20(26)24-15-5-4-10-22-19(15)25-13-21-12-23-25/h2-10,12-13H,11H2,1H3,(H,24,26). The molecule has 0 saturated carbocycles. The summed E-state index contributed by atoms with van der Waals surface area (Å²) >= 11 is 0. The molecule has 0 radical (unpaired) electrons. The third kappa shape index (κ3) is 4.08. The molecule has 146 valence electrons. The molecule has 0 aliphatic heterocycles. The van der Waals surface area contributed by atoms with Gasteiger partial charge in [0, 0.05) is 6.20 Å². The van der Waals surface area contributed by atoms with Crippen LogP contribution in [0.3, 0.4) is 0 Å². The number of nitrogens with one attached hydrogen (secondary N) is 1. The van der Waals surface area contributed by atoms with Crippen molar-refractivity contribution < 1.29 is 18.7 Å². The number of anilines is 1. The van der Waals surface area contributed by atoms with Crippen LogP contribution < -0.4 is 14.8 Å². The highest BCUT2D eigenvalue weighted by atomic mass is 16.5. The van der Waals surface area contributed by atoms with E-state index in [0.717, 1.165) is 0 Å². The van der Waals surface area contributed by atoms with E-state index in [-0.39, 0.29) is 12.4 Å². The smallest absolute Gasteiger partial charge is 0.291 e. The van der Waals surface area contributed by atoms with Gasteiger partial charge in [-0.2, -0.15) is 5.10 Å². The molecule has 3 heterocycles. The molecule has 1 amide bonds. The molecule has 0 fully saturated rings. The Morgan fingerprint density at radius 1 is 1.14 bits per heavy atom. The number of hydrogen-bond donors (Lipinski definition) is 1. The van der Waals surface area contributed by atoms with Crippen LogP contribution in [-0.4, -0.2) is 32.8 Å². The van der Waals surface area contributed by atoms with Crippen molar-refractivity contribution in [2.45, 2.75) is 6.61 Å². The lowest BCUT2D eigenvalue weighted by Crippen LogP contribution is -2.14. The number of nitrogens with zero attached hydrogens (tertiary/aromatic N) is 4. The van der Waals surface area contributed by atoms with Crippen LogP contribution in [0.5, 0.6) is 11.5 Å². The van der Waals surface area contributed by atoms with E-state index in [9.17, 15) is 4.79 Å². The molecule has 0 unspecified atom stereocenters. The quantitative estimate of drug-likeness (QED) is 0.516. The second-order valence-corrected chi connectivity index (χ2v) is 5.87. The van der Waals surface area contributed by atoms with Crippen LogP contribution in [0.1, 0.15) is 16.3 Å². The predicted molar refractivity (Wildman–Crippen MR) is 103 cm³/mol. The average Bonchev–Trinajstić information content (AvgIpc) is 3.45. The molecule has 9 nitrogen and oxygen atoms in total. The summed E-state index contributed by atoms with van der Waals surface area (Å²) in [5.74, 6) is 1.90. The van der Waals surface area contributed by atoms with Crippen LogP contribution in [0.4, 0.5) is 5.69 Å². The molecule has 29 heavy (non-hydrogen) atoms. The van der Waals surface area contributed by atoms with E-state index in [1.807, 2.05) is 12.1 Å². The first-order chi connectivity index (χ1) is 14.2. The minimum atomic E-state index is -0.414. The highest BCUT2D eigenvalue weighted by molar-refractivity contribution is 6.03. The maximum atomic E-state index is 12.6. The molecule has 0 atom stereocenters. The topological polar surface area (TPSA) is 104 Å². The summed E-state index contributed by atoms with van der Waals surface area (Å²) in [5.41, 5.74) is 0.478. The largest absolute Gasteiger partial charge is 0.493 e. The Hall–Kier alpha value is -4.14. The number of carbonyl (C=O) groups excluding carboxylic acids is 1. The van der Waals surface area contributed by atoms with E-state index in [1.54, 1.807) is 49.7 Å². The number of rotatable bonds is 7. The summed E-state index contributed by atoms with van der Waals surface area (Å²) in [6, 6.07) is 14.0. The number of ether oxygens (including phenoxy) is 2. The van der Waals surface area contributed by atoms with Crippen molar-refractivity contribution in [2.24, 2.45) is 0 Å². The molecule has 0 aliphatic rings. The summed E-state index contributed by atoms with van der Waals surface area (Å²) in [6.07, 6.45) is 4.49. The van der Waals surface area contributed by atoms with Crippen LogP contribution in [0.2, 0.25) is 0 Å². The molecule has 4 aromatic rings. The fraction of sp³-hybridized carbons (Fsp3) is 0.100. The van der Waals surface area contributed by atoms with E-state index in [2.05, 4.69) is 20.4 Å². The first-order valence-electron chi connectivity index (χ1n) is 8.70. The SMILES string of the molecule is COc1ccccc1OCc1ccc(C(=O)Nc2cccnc2-n2cncn2)o1. The van der Waals surface area contributed by atoms with Gasteiger partial charge in [0.05, 0.1) is 12.8 Å². The van der Waals surface area contributed by atoms with Gasteiger partial charge >= 0.3 is 0 Å². The van der Waals surface area contributed by atoms with Crippen LogP contribution in [0.25, 0.3) is 5.82 Å². The fourth-order valence-electron chi connectivity index (χ4n) is 2.64. The van der Waals surface area contributed by atoms with Gasteiger partial charge in [-0.15, -0.1) is 0 Å². The Balaban J connectivity index is 1.44. The van der Waals surface area contributed by atoms with Crippen molar-refractivity contribution >= 4 is 11.6 Å². The van der Waals surface area contributed by atoms with Crippen molar-refractivity contribution in [2.75, 3.05) is 12.4 Å². The Morgan fingerprint density at radius 3 is 2.79 bits per heavy atom. The molecule has 0 saturated heterocycles. The lowest BCUT2D eigenvalue weighted by molar-refractivity contribution is 0.0992. The Morgan fingerprint density at radius 2 is 2.00 bits per heavy atom. The van der Waals surface area contributed by atoms with Crippen molar-refractivity contribution in [3.8, 4) is 17.3 Å². The molecule has 1 N–H and O–H groups in total. The summed E-state index contributed by atoms with van der Waals surface area (Å²) in [4.78, 5) is 20.7. The number of aromatic nitrogens is 4. The maximum absolute atomic E-state index is 12.6. The second kappa shape index (κ2) is 8.26. The molecule has 1 aromatic carbocycles. The lowest BCUT2D eigenvalue weighted by Gasteiger charge is -2.09. The average molecular weight is 391 g/mol. The van der Waals surface area contributed by atoms with Gasteiger partial charge in [0.2, 0.25) is 0 Å². The first-order valence-corrected chi connectivity index (χ1v) is 8.70. The van der Waals surface area contributed by atoms with Crippen LogP contribution in [-0.2, 0) is 6.61 Å². The Labute approximate surface area is 165 Å². The number of amides is 1. The van der Waals surface area contributed by atoms with Gasteiger partial charge in [-0.3, -0.25) is 4.79 Å². The zero-order chi connectivity index (χ0) is 20.1. The van der Waals surface area contributed by atoms with Crippen LogP contribution in [0.15, 0.2) is 71.8 Å². The van der Waals surface area contributed by atoms with E-state index >= 15 is 0 Å². The number of para-hydroxylation sites is 2. The number of furan rings is 1. The van der Waals surface area contributed by atoms with Gasteiger partial charge in [-0.25, -0.2) is 14.6 Å². The summed E-state index contributed by atoms with van der Waals surface area (Å²) in [5, 5.41) is 6.82. The molecule has 3 aromatic heterocycles. The highest BCUT2D eigenvalue weighted by Crippen LogP contribution is 2.27. The third-order valence-corrected chi connectivity index (χ3v) is 4.00. The monoisotopic (exact) mass is 391 g/mol. The third-order valence-electron chi connectivity index (χ3n) is 4.00. The van der Waals surface area contributed by atoms with Crippen molar-refractivity contribution in [1.29, 1.82) is 0 Å². The number of pyridine rings is 1. The zero-order valence-electron chi connectivity index (χ0n) is 15.5. The zero-order valence-corrected chi connectivity index (χ0v) is 15.5. The van der Waals surface area contributed by atoms with E-state index < -0.39 is 5.91 Å². The minimum absolute atomic E-state index is 0.150. The summed E-state index contributed by atoms with van der Waals surface area (Å²) in [6.45, 7) is 0.157. The van der Waals surface area contributed by atoms with Crippen LogP contribution in [0, 0.1) is 0 Å². The van der Waals surface area contributed by atoms with Crippen molar-refractivity contribution in [3.05, 3.63) is 78.9 Å². The molecular formula is C20H17N5O4. The van der Waals surface area contributed by atoms with Gasteiger partial charge in [0.1, 0.15) is 25.0 Å².